The first-order valence-electron chi connectivity index (χ1n) is 14.4. The maximum absolute atomic E-state index is 13.9. The molecule has 8 heteroatoms. The summed E-state index contributed by atoms with van der Waals surface area (Å²) in [5.74, 6) is -1.13. The summed E-state index contributed by atoms with van der Waals surface area (Å²) >= 11 is 0. The first-order chi connectivity index (χ1) is 20.9. The third-order valence-electron chi connectivity index (χ3n) is 7.62. The fraction of sp³-hybridized carbons (Fsp3) is 0.229. The van der Waals surface area contributed by atoms with Gasteiger partial charge >= 0.3 is 5.97 Å². The van der Waals surface area contributed by atoms with Gasteiger partial charge in [0.15, 0.2) is 5.78 Å². The van der Waals surface area contributed by atoms with Crippen LogP contribution in [0.1, 0.15) is 40.7 Å². The summed E-state index contributed by atoms with van der Waals surface area (Å²) in [7, 11) is 0. The molecule has 5 rings (SSSR count). The van der Waals surface area contributed by atoms with Gasteiger partial charge in [0.05, 0.1) is 6.54 Å². The molecular weight excluding hydrogens is 547 g/mol. The van der Waals surface area contributed by atoms with Crippen molar-refractivity contribution < 1.29 is 28.6 Å². The Morgan fingerprint density at radius 3 is 2.30 bits per heavy atom. The molecule has 4 aromatic rings. The van der Waals surface area contributed by atoms with Crippen molar-refractivity contribution in [3.05, 3.63) is 126 Å². The predicted molar refractivity (Wildman–Crippen MR) is 163 cm³/mol. The van der Waals surface area contributed by atoms with Crippen molar-refractivity contribution in [2.45, 2.75) is 31.7 Å². The van der Waals surface area contributed by atoms with E-state index in [9.17, 15) is 23.9 Å². The summed E-state index contributed by atoms with van der Waals surface area (Å²) in [5.41, 5.74) is 2.64. The Labute approximate surface area is 249 Å². The van der Waals surface area contributed by atoms with Crippen LogP contribution >= 0.6 is 0 Å². The molecule has 1 fully saturated rings. The van der Waals surface area contributed by atoms with E-state index in [4.69, 9.17) is 4.74 Å². The quantitative estimate of drug-likeness (QED) is 0.178. The third-order valence-corrected chi connectivity index (χ3v) is 7.62. The van der Waals surface area contributed by atoms with Crippen LogP contribution in [0.3, 0.4) is 0 Å². The number of nitrogens with zero attached hydrogens (tertiary/aromatic N) is 1. The molecule has 0 bridgehead atoms. The Morgan fingerprint density at radius 1 is 0.907 bits per heavy atom. The number of carbonyl (C=O) groups is 3. The maximum Gasteiger partial charge on any atom is 0.326 e. The van der Waals surface area contributed by atoms with Crippen molar-refractivity contribution in [1.29, 1.82) is 0 Å². The van der Waals surface area contributed by atoms with E-state index >= 15 is 0 Å². The number of halogens is 1. The van der Waals surface area contributed by atoms with Gasteiger partial charge in [-0.05, 0) is 60.9 Å². The van der Waals surface area contributed by atoms with Crippen molar-refractivity contribution in [2.75, 3.05) is 23.4 Å². The van der Waals surface area contributed by atoms with Gasteiger partial charge in [-0.25, -0.2) is 9.18 Å². The molecule has 43 heavy (non-hydrogen) atoms. The van der Waals surface area contributed by atoms with E-state index in [0.29, 0.717) is 28.3 Å². The van der Waals surface area contributed by atoms with E-state index < -0.39 is 17.8 Å². The number of amides is 1. The number of carboxylic acid groups (broad SMARTS) is 1. The normalized spacial score (nSPS) is 13.4. The minimum Gasteiger partial charge on any atom is -0.492 e. The fourth-order valence-corrected chi connectivity index (χ4v) is 5.04. The molecule has 0 aliphatic heterocycles. The molecular formula is C35H33FN2O5. The zero-order valence-corrected chi connectivity index (χ0v) is 23.6. The highest BCUT2D eigenvalue weighted by atomic mass is 19.1. The predicted octanol–water partition coefficient (Wildman–Crippen LogP) is 6.38. The molecule has 1 saturated carbocycles. The second-order valence-corrected chi connectivity index (χ2v) is 10.6. The Bertz CT molecular complexity index is 1570. The van der Waals surface area contributed by atoms with Gasteiger partial charge in [-0.1, -0.05) is 67.1 Å². The summed E-state index contributed by atoms with van der Waals surface area (Å²) in [4.78, 5) is 39.9. The number of hydrogen-bond acceptors (Lipinski definition) is 5. The van der Waals surface area contributed by atoms with E-state index in [1.165, 1.54) is 12.1 Å². The molecule has 0 aromatic heterocycles. The number of aliphatic carboxylic acids is 1. The molecule has 220 valence electrons. The van der Waals surface area contributed by atoms with Crippen LogP contribution in [0.15, 0.2) is 103 Å². The average Bonchev–Trinajstić information content (AvgIpc) is 2.99. The Hall–Kier alpha value is -4.98. The molecule has 4 aromatic carbocycles. The SMILES string of the molecule is O=C(c1ccccc1)c1ccccc1N[C@@H](Cc1ccc(OCCN(C(=O)C2CCC2)c2cccc(F)c2)cc1)C(=O)O. The molecule has 0 radical (unpaired) electrons. The smallest absolute Gasteiger partial charge is 0.326 e. The van der Waals surface area contributed by atoms with Crippen LogP contribution in [-0.4, -0.2) is 42.0 Å². The number of hydrogen-bond donors (Lipinski definition) is 2. The lowest BCUT2D eigenvalue weighted by atomic mass is 9.84. The van der Waals surface area contributed by atoms with Gasteiger partial charge in [0, 0.05) is 34.8 Å². The largest absolute Gasteiger partial charge is 0.492 e. The standard InChI is InChI=1S/C35H33FN2O5/c36-27-12-7-13-28(23-27)38(34(40)26-10-6-11-26)20-21-43-29-18-16-24(17-19-29)22-32(35(41)42)37-31-15-5-4-14-30(31)33(39)25-8-2-1-3-9-25/h1-5,7-9,12-19,23,26,32,37H,6,10-11,20-22H2,(H,41,42)/t32-/m0/s1. The molecule has 0 heterocycles. The number of ketones is 1. The topological polar surface area (TPSA) is 95.9 Å². The highest BCUT2D eigenvalue weighted by molar-refractivity contribution is 6.12. The van der Waals surface area contributed by atoms with Crippen molar-refractivity contribution in [1.82, 2.24) is 0 Å². The third kappa shape index (κ3) is 7.46. The summed E-state index contributed by atoms with van der Waals surface area (Å²) in [6, 6.07) is 27.8. The number of para-hydroxylation sites is 1. The van der Waals surface area contributed by atoms with Crippen LogP contribution in [0, 0.1) is 11.7 Å². The fourth-order valence-electron chi connectivity index (χ4n) is 5.04. The Balaban J connectivity index is 1.21. The van der Waals surface area contributed by atoms with Gasteiger partial charge in [0.2, 0.25) is 5.91 Å². The van der Waals surface area contributed by atoms with Gasteiger partial charge in [0.25, 0.3) is 0 Å². The molecule has 2 N–H and O–H groups in total. The summed E-state index contributed by atoms with van der Waals surface area (Å²) in [5, 5.41) is 13.0. The first kappa shape index (κ1) is 29.5. The maximum atomic E-state index is 13.9. The van der Waals surface area contributed by atoms with Gasteiger partial charge in [-0.3, -0.25) is 9.59 Å². The molecule has 0 unspecified atom stereocenters. The summed E-state index contributed by atoms with van der Waals surface area (Å²) in [6.45, 7) is 0.479. The summed E-state index contributed by atoms with van der Waals surface area (Å²) < 4.78 is 19.8. The van der Waals surface area contributed by atoms with E-state index in [-0.39, 0.29) is 37.2 Å². The molecule has 1 aliphatic rings. The monoisotopic (exact) mass is 580 g/mol. The molecule has 1 aliphatic carbocycles. The number of ether oxygens (including phenoxy) is 1. The number of benzene rings is 4. The van der Waals surface area contributed by atoms with E-state index in [1.807, 2.05) is 6.07 Å². The van der Waals surface area contributed by atoms with Crippen LogP contribution in [0.2, 0.25) is 0 Å². The van der Waals surface area contributed by atoms with Crippen molar-refractivity contribution in [2.24, 2.45) is 5.92 Å². The minimum absolute atomic E-state index is 0.0185. The van der Waals surface area contributed by atoms with Crippen LogP contribution < -0.4 is 15.0 Å². The van der Waals surface area contributed by atoms with E-state index in [0.717, 1.165) is 24.8 Å². The van der Waals surface area contributed by atoms with Crippen LogP contribution in [0.4, 0.5) is 15.8 Å². The lowest BCUT2D eigenvalue weighted by Crippen LogP contribution is -2.41. The minimum atomic E-state index is -1.05. The molecule has 0 saturated heterocycles. The lowest BCUT2D eigenvalue weighted by Gasteiger charge is -2.31. The number of carboxylic acids is 1. The number of nitrogens with one attached hydrogen (secondary N) is 1. The second kappa shape index (κ2) is 13.8. The number of carbonyl (C=O) groups excluding carboxylic acids is 2. The number of anilines is 2. The Morgan fingerprint density at radius 2 is 1.63 bits per heavy atom. The molecule has 1 atom stereocenters. The lowest BCUT2D eigenvalue weighted by molar-refractivity contribution is -0.137. The van der Waals surface area contributed by atoms with Crippen molar-refractivity contribution >= 4 is 29.0 Å². The highest BCUT2D eigenvalue weighted by Gasteiger charge is 2.30. The van der Waals surface area contributed by atoms with Crippen molar-refractivity contribution in [3.63, 3.8) is 0 Å². The van der Waals surface area contributed by atoms with Crippen molar-refractivity contribution in [3.8, 4) is 5.75 Å². The van der Waals surface area contributed by atoms with Crippen LogP contribution in [0.25, 0.3) is 0 Å². The Kier molecular flexibility index (Phi) is 9.46. The summed E-state index contributed by atoms with van der Waals surface area (Å²) in [6.07, 6.45) is 2.88. The highest BCUT2D eigenvalue weighted by Crippen LogP contribution is 2.30. The first-order valence-corrected chi connectivity index (χ1v) is 14.4. The molecule has 0 spiro atoms. The second-order valence-electron chi connectivity index (χ2n) is 10.6. The van der Waals surface area contributed by atoms with E-state index in [1.54, 1.807) is 89.8 Å². The van der Waals surface area contributed by atoms with Crippen LogP contribution in [-0.2, 0) is 16.0 Å². The van der Waals surface area contributed by atoms with Gasteiger partial charge < -0.3 is 20.1 Å². The van der Waals surface area contributed by atoms with Crippen LogP contribution in [0.5, 0.6) is 5.75 Å². The number of rotatable bonds is 13. The van der Waals surface area contributed by atoms with Gasteiger partial charge in [0.1, 0.15) is 24.2 Å². The molecule has 1 amide bonds. The van der Waals surface area contributed by atoms with Gasteiger partial charge in [-0.15, -0.1) is 0 Å². The zero-order chi connectivity index (χ0) is 30.2. The molecule has 7 nitrogen and oxygen atoms in total. The van der Waals surface area contributed by atoms with E-state index in [2.05, 4.69) is 5.32 Å². The zero-order valence-electron chi connectivity index (χ0n) is 23.6. The van der Waals surface area contributed by atoms with Gasteiger partial charge in [-0.2, -0.15) is 0 Å². The average molecular weight is 581 g/mol.